The lowest BCUT2D eigenvalue weighted by atomic mass is 10.2. The summed E-state index contributed by atoms with van der Waals surface area (Å²) in [6.45, 7) is 3.67. The van der Waals surface area contributed by atoms with Gasteiger partial charge < -0.3 is 15.8 Å². The number of rotatable bonds is 5. The van der Waals surface area contributed by atoms with Crippen molar-refractivity contribution in [3.63, 3.8) is 0 Å². The van der Waals surface area contributed by atoms with Crippen molar-refractivity contribution in [1.82, 2.24) is 10.6 Å². The van der Waals surface area contributed by atoms with E-state index in [1.807, 2.05) is 0 Å². The molecule has 108 valence electrons. The van der Waals surface area contributed by atoms with Crippen molar-refractivity contribution in [3.05, 3.63) is 29.8 Å². The highest BCUT2D eigenvalue weighted by molar-refractivity contribution is 5.96. The minimum atomic E-state index is -0.850. The lowest BCUT2D eigenvalue weighted by Gasteiger charge is -2.14. The molecule has 4 amide bonds. The van der Waals surface area contributed by atoms with Crippen LogP contribution < -0.4 is 21.1 Å². The van der Waals surface area contributed by atoms with E-state index in [2.05, 4.69) is 10.6 Å². The van der Waals surface area contributed by atoms with Crippen LogP contribution in [0.15, 0.2) is 24.3 Å². The topological polar surface area (TPSA) is 111 Å². The average molecular weight is 279 g/mol. The molecule has 7 heteroatoms. The van der Waals surface area contributed by atoms with Gasteiger partial charge in [-0.15, -0.1) is 0 Å². The second-order valence-electron chi connectivity index (χ2n) is 4.00. The summed E-state index contributed by atoms with van der Waals surface area (Å²) in [5, 5.41) is 4.58. The summed E-state index contributed by atoms with van der Waals surface area (Å²) >= 11 is 0. The van der Waals surface area contributed by atoms with Gasteiger partial charge in [0, 0.05) is 12.1 Å². The van der Waals surface area contributed by atoms with Crippen LogP contribution in [0.25, 0.3) is 0 Å². The van der Waals surface area contributed by atoms with Crippen LogP contribution in [0.2, 0.25) is 0 Å². The fraction of sp³-hybridized carbons (Fsp3) is 0.308. The Labute approximate surface area is 116 Å². The van der Waals surface area contributed by atoms with Crippen LogP contribution in [0.4, 0.5) is 4.79 Å². The van der Waals surface area contributed by atoms with Gasteiger partial charge in [-0.05, 0) is 38.1 Å². The van der Waals surface area contributed by atoms with E-state index in [1.54, 1.807) is 6.92 Å². The smallest absolute Gasteiger partial charge is 0.321 e. The molecule has 0 saturated heterocycles. The molecule has 0 unspecified atom stereocenters. The van der Waals surface area contributed by atoms with Crippen molar-refractivity contribution in [2.45, 2.75) is 20.0 Å². The van der Waals surface area contributed by atoms with Crippen molar-refractivity contribution in [1.29, 1.82) is 0 Å². The summed E-state index contributed by atoms with van der Waals surface area (Å²) in [5.41, 5.74) is 5.45. The number of nitrogens with two attached hydrogens (primary N) is 1. The van der Waals surface area contributed by atoms with Gasteiger partial charge in [0.1, 0.15) is 5.75 Å². The molecule has 1 aromatic rings. The molecule has 0 saturated carbocycles. The van der Waals surface area contributed by atoms with Crippen LogP contribution in [-0.4, -0.2) is 30.5 Å². The van der Waals surface area contributed by atoms with E-state index >= 15 is 0 Å². The molecular weight excluding hydrogens is 262 g/mol. The first-order valence-electron chi connectivity index (χ1n) is 6.09. The van der Waals surface area contributed by atoms with Gasteiger partial charge in [-0.25, -0.2) is 4.79 Å². The molecule has 1 rings (SSSR count). The SMILES string of the molecule is CCNC(=O)NC(=O)[C@@H](C)Oc1ccc(C(N)=O)cc1. The van der Waals surface area contributed by atoms with Crippen molar-refractivity contribution < 1.29 is 19.1 Å². The van der Waals surface area contributed by atoms with Gasteiger partial charge in [0.2, 0.25) is 5.91 Å². The molecule has 0 aliphatic carbocycles. The van der Waals surface area contributed by atoms with E-state index < -0.39 is 23.9 Å². The van der Waals surface area contributed by atoms with Crippen LogP contribution in [0.3, 0.4) is 0 Å². The zero-order chi connectivity index (χ0) is 15.1. The number of hydrogen-bond acceptors (Lipinski definition) is 4. The third-order valence-electron chi connectivity index (χ3n) is 2.39. The van der Waals surface area contributed by atoms with E-state index in [0.717, 1.165) is 0 Å². The summed E-state index contributed by atoms with van der Waals surface area (Å²) in [5.74, 6) is -0.706. The number of imide groups is 1. The highest BCUT2D eigenvalue weighted by Crippen LogP contribution is 2.13. The Morgan fingerprint density at radius 2 is 1.85 bits per heavy atom. The Balaban J connectivity index is 2.56. The lowest BCUT2D eigenvalue weighted by molar-refractivity contribution is -0.126. The molecule has 0 aromatic heterocycles. The average Bonchev–Trinajstić information content (AvgIpc) is 2.39. The fourth-order valence-corrected chi connectivity index (χ4v) is 1.37. The maximum atomic E-state index is 11.6. The Kier molecular flexibility index (Phi) is 5.52. The first kappa shape index (κ1) is 15.5. The van der Waals surface area contributed by atoms with E-state index in [9.17, 15) is 14.4 Å². The van der Waals surface area contributed by atoms with Crippen LogP contribution in [0, 0.1) is 0 Å². The maximum absolute atomic E-state index is 11.6. The largest absolute Gasteiger partial charge is 0.481 e. The number of urea groups is 1. The normalized spacial score (nSPS) is 11.3. The first-order valence-corrected chi connectivity index (χ1v) is 6.09. The van der Waals surface area contributed by atoms with Gasteiger partial charge in [0.15, 0.2) is 6.10 Å². The Morgan fingerprint density at radius 3 is 2.35 bits per heavy atom. The number of benzene rings is 1. The van der Waals surface area contributed by atoms with Crippen LogP contribution in [0.1, 0.15) is 24.2 Å². The molecule has 1 atom stereocenters. The van der Waals surface area contributed by atoms with Crippen molar-refractivity contribution in [3.8, 4) is 5.75 Å². The number of carbonyl (C=O) groups is 3. The van der Waals surface area contributed by atoms with Crippen LogP contribution in [-0.2, 0) is 4.79 Å². The molecule has 7 nitrogen and oxygen atoms in total. The predicted octanol–water partition coefficient (Wildman–Crippen LogP) is 0.399. The highest BCUT2D eigenvalue weighted by Gasteiger charge is 2.17. The van der Waals surface area contributed by atoms with E-state index in [1.165, 1.54) is 31.2 Å². The minimum absolute atomic E-state index is 0.344. The van der Waals surface area contributed by atoms with Crippen LogP contribution in [0.5, 0.6) is 5.75 Å². The van der Waals surface area contributed by atoms with E-state index in [4.69, 9.17) is 10.5 Å². The molecule has 0 heterocycles. The zero-order valence-corrected chi connectivity index (χ0v) is 11.3. The molecule has 0 radical (unpaired) electrons. The molecule has 0 fully saturated rings. The molecule has 0 spiro atoms. The summed E-state index contributed by atoms with van der Waals surface area (Å²) in [6, 6.07) is 5.46. The van der Waals surface area contributed by atoms with Gasteiger partial charge in [-0.2, -0.15) is 0 Å². The van der Waals surface area contributed by atoms with Gasteiger partial charge in [-0.3, -0.25) is 14.9 Å². The zero-order valence-electron chi connectivity index (χ0n) is 11.3. The summed E-state index contributed by atoms with van der Waals surface area (Å²) in [6.07, 6.45) is -0.850. The second kappa shape index (κ2) is 7.13. The van der Waals surface area contributed by atoms with E-state index in [0.29, 0.717) is 17.9 Å². The molecule has 20 heavy (non-hydrogen) atoms. The Bertz CT molecular complexity index is 499. The van der Waals surface area contributed by atoms with E-state index in [-0.39, 0.29) is 0 Å². The lowest BCUT2D eigenvalue weighted by Crippen LogP contribution is -2.45. The first-order chi connectivity index (χ1) is 9.43. The fourth-order valence-electron chi connectivity index (χ4n) is 1.37. The molecular formula is C13H17N3O4. The third kappa shape index (κ3) is 4.60. The maximum Gasteiger partial charge on any atom is 0.321 e. The minimum Gasteiger partial charge on any atom is -0.481 e. The van der Waals surface area contributed by atoms with Crippen molar-refractivity contribution >= 4 is 17.8 Å². The van der Waals surface area contributed by atoms with Gasteiger partial charge in [0.25, 0.3) is 5.91 Å². The number of hydrogen-bond donors (Lipinski definition) is 3. The van der Waals surface area contributed by atoms with Gasteiger partial charge in [-0.1, -0.05) is 0 Å². The summed E-state index contributed by atoms with van der Waals surface area (Å²) < 4.78 is 5.35. The standard InChI is InChI=1S/C13H17N3O4/c1-3-15-13(19)16-12(18)8(2)20-10-6-4-9(5-7-10)11(14)17/h4-8H,3H2,1-2H3,(H2,14,17)(H2,15,16,18,19)/t8-/m1/s1. The number of carbonyl (C=O) groups excluding carboxylic acids is 3. The van der Waals surface area contributed by atoms with Crippen molar-refractivity contribution in [2.24, 2.45) is 5.73 Å². The van der Waals surface area contributed by atoms with Crippen LogP contribution >= 0.6 is 0 Å². The van der Waals surface area contributed by atoms with Crippen molar-refractivity contribution in [2.75, 3.05) is 6.54 Å². The number of nitrogens with one attached hydrogen (secondary N) is 2. The third-order valence-corrected chi connectivity index (χ3v) is 2.39. The highest BCUT2D eigenvalue weighted by atomic mass is 16.5. The monoisotopic (exact) mass is 279 g/mol. The Hall–Kier alpha value is -2.57. The van der Waals surface area contributed by atoms with Gasteiger partial charge >= 0.3 is 6.03 Å². The predicted molar refractivity (Wildman–Crippen MR) is 72.3 cm³/mol. The number of primary amides is 1. The number of ether oxygens (including phenoxy) is 1. The summed E-state index contributed by atoms with van der Waals surface area (Å²) in [4.78, 5) is 33.7. The molecule has 0 aliphatic heterocycles. The second-order valence-corrected chi connectivity index (χ2v) is 4.00. The Morgan fingerprint density at radius 1 is 1.25 bits per heavy atom. The number of amides is 4. The summed E-state index contributed by atoms with van der Waals surface area (Å²) in [7, 11) is 0. The molecule has 0 bridgehead atoms. The molecule has 0 aliphatic rings. The quantitative estimate of drug-likeness (QED) is 0.724. The van der Waals surface area contributed by atoms with Gasteiger partial charge in [0.05, 0.1) is 0 Å². The molecule has 1 aromatic carbocycles. The molecule has 4 N–H and O–H groups in total.